The standard InChI is InChI=1S/C13H26N2O/c1-14-13(10-16)8-4-7-12(9-13)15(2)11-5-3-6-11/h11-12,14,16H,3-10H2,1-2H3. The van der Waals surface area contributed by atoms with Gasteiger partial charge in [-0.05, 0) is 52.6 Å². The topological polar surface area (TPSA) is 35.5 Å². The third kappa shape index (κ3) is 2.27. The van der Waals surface area contributed by atoms with Crippen molar-refractivity contribution in [2.24, 2.45) is 0 Å². The molecule has 0 aliphatic heterocycles. The molecule has 0 aromatic rings. The van der Waals surface area contributed by atoms with Crippen LogP contribution in [-0.4, -0.2) is 48.3 Å². The molecule has 0 aromatic carbocycles. The first-order valence-corrected chi connectivity index (χ1v) is 6.72. The molecular weight excluding hydrogens is 200 g/mol. The van der Waals surface area contributed by atoms with Gasteiger partial charge in [-0.2, -0.15) is 0 Å². The minimum Gasteiger partial charge on any atom is -0.394 e. The Balaban J connectivity index is 1.94. The highest BCUT2D eigenvalue weighted by atomic mass is 16.3. The Labute approximate surface area is 99.2 Å². The van der Waals surface area contributed by atoms with Crippen molar-refractivity contribution in [1.82, 2.24) is 10.2 Å². The molecule has 2 rings (SSSR count). The summed E-state index contributed by atoms with van der Waals surface area (Å²) in [6.07, 6.45) is 8.91. The summed E-state index contributed by atoms with van der Waals surface area (Å²) in [5.74, 6) is 0. The van der Waals surface area contributed by atoms with Crippen LogP contribution in [0.15, 0.2) is 0 Å². The van der Waals surface area contributed by atoms with Crippen molar-refractivity contribution >= 4 is 0 Å². The second-order valence-corrected chi connectivity index (χ2v) is 5.69. The number of aliphatic hydroxyl groups is 1. The van der Waals surface area contributed by atoms with Crippen LogP contribution < -0.4 is 5.32 Å². The summed E-state index contributed by atoms with van der Waals surface area (Å²) in [6, 6.07) is 1.48. The Morgan fingerprint density at radius 2 is 1.94 bits per heavy atom. The SMILES string of the molecule is CNC1(CO)CCCC(N(C)C2CCC2)C1. The minimum absolute atomic E-state index is 0.0130. The first kappa shape index (κ1) is 12.3. The van der Waals surface area contributed by atoms with Gasteiger partial charge in [0, 0.05) is 17.6 Å². The molecule has 2 fully saturated rings. The van der Waals surface area contributed by atoms with Crippen LogP contribution in [0, 0.1) is 0 Å². The van der Waals surface area contributed by atoms with Gasteiger partial charge in [-0.15, -0.1) is 0 Å². The van der Waals surface area contributed by atoms with Crippen molar-refractivity contribution in [3.8, 4) is 0 Å². The zero-order chi connectivity index (χ0) is 11.6. The van der Waals surface area contributed by atoms with Gasteiger partial charge in [0.2, 0.25) is 0 Å². The summed E-state index contributed by atoms with van der Waals surface area (Å²) in [4.78, 5) is 2.57. The van der Waals surface area contributed by atoms with E-state index in [-0.39, 0.29) is 12.1 Å². The monoisotopic (exact) mass is 226 g/mol. The highest BCUT2D eigenvalue weighted by molar-refractivity contribution is 4.96. The van der Waals surface area contributed by atoms with Gasteiger partial charge in [-0.3, -0.25) is 0 Å². The van der Waals surface area contributed by atoms with Crippen LogP contribution in [0.25, 0.3) is 0 Å². The van der Waals surface area contributed by atoms with Crippen molar-refractivity contribution in [3.63, 3.8) is 0 Å². The minimum atomic E-state index is -0.0130. The van der Waals surface area contributed by atoms with Gasteiger partial charge in [-0.1, -0.05) is 6.42 Å². The maximum absolute atomic E-state index is 9.57. The summed E-state index contributed by atoms with van der Waals surface area (Å²) in [6.45, 7) is 0.276. The summed E-state index contributed by atoms with van der Waals surface area (Å²) in [5.41, 5.74) is -0.0130. The quantitative estimate of drug-likeness (QED) is 0.760. The summed E-state index contributed by atoms with van der Waals surface area (Å²) in [5, 5.41) is 12.9. The summed E-state index contributed by atoms with van der Waals surface area (Å²) >= 11 is 0. The smallest absolute Gasteiger partial charge is 0.0613 e. The lowest BCUT2D eigenvalue weighted by molar-refractivity contribution is 0.0364. The molecule has 0 aromatic heterocycles. The van der Waals surface area contributed by atoms with E-state index >= 15 is 0 Å². The molecule has 2 unspecified atom stereocenters. The molecule has 2 saturated carbocycles. The molecule has 0 amide bonds. The first-order valence-electron chi connectivity index (χ1n) is 6.72. The maximum atomic E-state index is 9.57. The van der Waals surface area contributed by atoms with E-state index in [0.29, 0.717) is 6.04 Å². The molecule has 0 saturated heterocycles. The number of aliphatic hydroxyl groups excluding tert-OH is 1. The van der Waals surface area contributed by atoms with Gasteiger partial charge in [0.15, 0.2) is 0 Å². The largest absolute Gasteiger partial charge is 0.394 e. The lowest BCUT2D eigenvalue weighted by Gasteiger charge is -2.47. The van der Waals surface area contributed by atoms with Crippen LogP contribution in [0.3, 0.4) is 0 Å². The molecule has 2 aliphatic rings. The molecule has 0 bridgehead atoms. The number of nitrogens with one attached hydrogen (secondary N) is 1. The molecule has 0 radical (unpaired) electrons. The predicted molar refractivity (Wildman–Crippen MR) is 66.5 cm³/mol. The number of nitrogens with zero attached hydrogens (tertiary/aromatic N) is 1. The van der Waals surface area contributed by atoms with Crippen molar-refractivity contribution in [2.75, 3.05) is 20.7 Å². The number of hydrogen-bond acceptors (Lipinski definition) is 3. The van der Waals surface area contributed by atoms with Crippen molar-refractivity contribution in [2.45, 2.75) is 62.6 Å². The van der Waals surface area contributed by atoms with E-state index < -0.39 is 0 Å². The molecule has 0 spiro atoms. The van der Waals surface area contributed by atoms with Gasteiger partial charge >= 0.3 is 0 Å². The van der Waals surface area contributed by atoms with E-state index in [0.717, 1.165) is 18.9 Å². The zero-order valence-corrected chi connectivity index (χ0v) is 10.7. The number of rotatable bonds is 4. The highest BCUT2D eigenvalue weighted by Crippen LogP contribution is 2.34. The molecule has 2 atom stereocenters. The van der Waals surface area contributed by atoms with Crippen molar-refractivity contribution in [1.29, 1.82) is 0 Å². The van der Waals surface area contributed by atoms with Crippen molar-refractivity contribution < 1.29 is 5.11 Å². The predicted octanol–water partition coefficient (Wildman–Crippen LogP) is 1.36. The van der Waals surface area contributed by atoms with E-state index in [1.807, 2.05) is 7.05 Å². The third-order valence-corrected chi connectivity index (χ3v) is 4.88. The zero-order valence-electron chi connectivity index (χ0n) is 10.7. The Morgan fingerprint density at radius 1 is 1.25 bits per heavy atom. The van der Waals surface area contributed by atoms with Gasteiger partial charge in [-0.25, -0.2) is 0 Å². The second-order valence-electron chi connectivity index (χ2n) is 5.69. The van der Waals surface area contributed by atoms with E-state index in [9.17, 15) is 5.11 Å². The van der Waals surface area contributed by atoms with Gasteiger partial charge in [0.1, 0.15) is 0 Å². The molecule has 16 heavy (non-hydrogen) atoms. The number of hydrogen-bond donors (Lipinski definition) is 2. The van der Waals surface area contributed by atoms with E-state index in [1.54, 1.807) is 0 Å². The van der Waals surface area contributed by atoms with Crippen LogP contribution in [0.5, 0.6) is 0 Å². The second kappa shape index (κ2) is 5.03. The van der Waals surface area contributed by atoms with E-state index in [1.165, 1.54) is 32.1 Å². The Bertz CT molecular complexity index is 224. The van der Waals surface area contributed by atoms with Crippen LogP contribution in [0.1, 0.15) is 44.9 Å². The molecule has 3 nitrogen and oxygen atoms in total. The molecule has 0 heterocycles. The lowest BCUT2D eigenvalue weighted by Crippen LogP contribution is -2.56. The van der Waals surface area contributed by atoms with Gasteiger partial charge in [0.05, 0.1) is 6.61 Å². The van der Waals surface area contributed by atoms with E-state index in [2.05, 4.69) is 17.3 Å². The molecule has 2 N–H and O–H groups in total. The Morgan fingerprint density at radius 3 is 2.44 bits per heavy atom. The van der Waals surface area contributed by atoms with Gasteiger partial charge < -0.3 is 15.3 Å². The Kier molecular flexibility index (Phi) is 3.88. The molecular formula is C13H26N2O. The van der Waals surface area contributed by atoms with Crippen LogP contribution in [0.4, 0.5) is 0 Å². The Hall–Kier alpha value is -0.120. The van der Waals surface area contributed by atoms with Crippen molar-refractivity contribution in [3.05, 3.63) is 0 Å². The number of likely N-dealkylation sites (N-methyl/N-ethyl adjacent to an activating group) is 1. The first-order chi connectivity index (χ1) is 7.71. The molecule has 2 aliphatic carbocycles. The maximum Gasteiger partial charge on any atom is 0.0613 e. The third-order valence-electron chi connectivity index (χ3n) is 4.88. The fraction of sp³-hybridized carbons (Fsp3) is 1.00. The highest BCUT2D eigenvalue weighted by Gasteiger charge is 2.38. The van der Waals surface area contributed by atoms with Crippen LogP contribution in [-0.2, 0) is 0 Å². The van der Waals surface area contributed by atoms with Crippen LogP contribution in [0.2, 0.25) is 0 Å². The lowest BCUT2D eigenvalue weighted by atomic mass is 9.77. The average Bonchev–Trinajstić information content (AvgIpc) is 2.27. The fourth-order valence-corrected chi connectivity index (χ4v) is 3.22. The summed E-state index contributed by atoms with van der Waals surface area (Å²) < 4.78 is 0. The molecule has 94 valence electrons. The fourth-order valence-electron chi connectivity index (χ4n) is 3.22. The van der Waals surface area contributed by atoms with Crippen LogP contribution >= 0.6 is 0 Å². The van der Waals surface area contributed by atoms with E-state index in [4.69, 9.17) is 0 Å². The summed E-state index contributed by atoms with van der Waals surface area (Å²) in [7, 11) is 4.26. The average molecular weight is 226 g/mol. The normalized spacial score (nSPS) is 36.4. The van der Waals surface area contributed by atoms with Gasteiger partial charge in [0.25, 0.3) is 0 Å². The molecule has 3 heteroatoms.